The van der Waals surface area contributed by atoms with Gasteiger partial charge < -0.3 is 10.2 Å². The molecule has 2 aromatic carbocycles. The molecule has 0 saturated heterocycles. The Hall–Kier alpha value is -2.04. The predicted octanol–water partition coefficient (Wildman–Crippen LogP) is 5.40. The van der Waals surface area contributed by atoms with E-state index in [1.54, 1.807) is 30.0 Å². The maximum absolute atomic E-state index is 13.2. The maximum atomic E-state index is 13.2. The maximum Gasteiger partial charge on any atom is 0.242 e. The van der Waals surface area contributed by atoms with Crippen molar-refractivity contribution < 1.29 is 9.59 Å². The van der Waals surface area contributed by atoms with Crippen molar-refractivity contribution in [1.29, 1.82) is 0 Å². The molecule has 0 bridgehead atoms. The molecule has 160 valence electrons. The molecule has 1 fully saturated rings. The van der Waals surface area contributed by atoms with Gasteiger partial charge in [-0.2, -0.15) is 0 Å². The Morgan fingerprint density at radius 2 is 1.77 bits per heavy atom. The van der Waals surface area contributed by atoms with Crippen LogP contribution in [0.5, 0.6) is 0 Å². The average Bonchev–Trinajstić information content (AvgIpc) is 2.75. The summed E-state index contributed by atoms with van der Waals surface area (Å²) in [5.74, 6) is -0.247. The van der Waals surface area contributed by atoms with E-state index >= 15 is 0 Å². The Morgan fingerprint density at radius 3 is 2.43 bits per heavy atom. The Kier molecular flexibility index (Phi) is 8.17. The first-order valence-corrected chi connectivity index (χ1v) is 11.3. The van der Waals surface area contributed by atoms with Crippen LogP contribution in [0.2, 0.25) is 10.0 Å². The monoisotopic (exact) mass is 446 g/mol. The van der Waals surface area contributed by atoms with Gasteiger partial charge in [0.05, 0.1) is 6.42 Å². The highest BCUT2D eigenvalue weighted by Crippen LogP contribution is 2.23. The number of carbonyl (C=O) groups is 2. The molecule has 1 N–H and O–H groups in total. The normalized spacial score (nSPS) is 15.4. The van der Waals surface area contributed by atoms with Crippen LogP contribution in [-0.4, -0.2) is 28.8 Å². The summed E-state index contributed by atoms with van der Waals surface area (Å²) in [6.07, 6.45) is 5.63. The summed E-state index contributed by atoms with van der Waals surface area (Å²) in [5, 5.41) is 4.13. The second kappa shape index (κ2) is 10.8. The molecule has 0 radical (unpaired) electrons. The zero-order chi connectivity index (χ0) is 21.5. The highest BCUT2D eigenvalue weighted by Gasteiger charge is 2.28. The van der Waals surface area contributed by atoms with Crippen molar-refractivity contribution in [3.63, 3.8) is 0 Å². The van der Waals surface area contributed by atoms with E-state index in [0.717, 1.165) is 31.2 Å². The number of carbonyl (C=O) groups excluding carboxylic acids is 2. The smallest absolute Gasteiger partial charge is 0.242 e. The van der Waals surface area contributed by atoms with Crippen molar-refractivity contribution in [1.82, 2.24) is 10.2 Å². The summed E-state index contributed by atoms with van der Waals surface area (Å²) in [7, 11) is 0. The highest BCUT2D eigenvalue weighted by atomic mass is 35.5. The van der Waals surface area contributed by atoms with E-state index in [0.29, 0.717) is 22.2 Å². The lowest BCUT2D eigenvalue weighted by molar-refractivity contribution is -0.140. The van der Waals surface area contributed by atoms with Gasteiger partial charge in [-0.15, -0.1) is 0 Å². The topological polar surface area (TPSA) is 49.4 Å². The van der Waals surface area contributed by atoms with E-state index in [9.17, 15) is 9.59 Å². The third-order valence-corrected chi connectivity index (χ3v) is 6.26. The van der Waals surface area contributed by atoms with Crippen molar-refractivity contribution >= 4 is 35.0 Å². The predicted molar refractivity (Wildman–Crippen MR) is 122 cm³/mol. The summed E-state index contributed by atoms with van der Waals surface area (Å²) in [6.45, 7) is 2.16. The minimum absolute atomic E-state index is 0.103. The summed E-state index contributed by atoms with van der Waals surface area (Å²) in [6, 6.07) is 14.4. The molecule has 3 rings (SSSR count). The molecule has 1 unspecified atom stereocenters. The summed E-state index contributed by atoms with van der Waals surface area (Å²) < 4.78 is 0. The van der Waals surface area contributed by atoms with Gasteiger partial charge in [-0.1, -0.05) is 78.9 Å². The van der Waals surface area contributed by atoms with Crippen molar-refractivity contribution in [2.45, 2.75) is 64.1 Å². The number of halogens is 2. The molecular formula is C24H28Cl2N2O2. The zero-order valence-corrected chi connectivity index (χ0v) is 18.8. The van der Waals surface area contributed by atoms with Crippen LogP contribution in [0.25, 0.3) is 0 Å². The van der Waals surface area contributed by atoms with E-state index in [1.165, 1.54) is 6.42 Å². The van der Waals surface area contributed by atoms with E-state index in [2.05, 4.69) is 5.32 Å². The lowest BCUT2D eigenvalue weighted by atomic mass is 9.95. The average molecular weight is 447 g/mol. The van der Waals surface area contributed by atoms with Gasteiger partial charge in [-0.05, 0) is 43.0 Å². The van der Waals surface area contributed by atoms with E-state index < -0.39 is 6.04 Å². The van der Waals surface area contributed by atoms with Gasteiger partial charge >= 0.3 is 0 Å². The number of benzene rings is 2. The molecule has 0 aliphatic heterocycles. The Labute approximate surface area is 188 Å². The molecule has 6 heteroatoms. The Bertz CT molecular complexity index is 867. The molecule has 1 aliphatic rings. The first-order chi connectivity index (χ1) is 14.4. The van der Waals surface area contributed by atoms with Crippen LogP contribution in [-0.2, 0) is 22.6 Å². The van der Waals surface area contributed by atoms with Crippen LogP contribution in [0.3, 0.4) is 0 Å². The van der Waals surface area contributed by atoms with Gasteiger partial charge in [0.2, 0.25) is 11.8 Å². The number of amides is 2. The molecule has 0 spiro atoms. The summed E-state index contributed by atoms with van der Waals surface area (Å²) in [5.41, 5.74) is 1.68. The fraction of sp³-hybridized carbons (Fsp3) is 0.417. The standard InChI is InChI=1S/C24H28Cl2N2O2/c1-17(24(30)27-21-10-6-3-7-11-21)28(16-18-8-4-2-5-9-18)23(29)14-19-12-13-20(25)15-22(19)26/h2,4-5,8-9,12-13,15,17,21H,3,6-7,10-11,14,16H2,1H3,(H,27,30). The number of hydrogen-bond donors (Lipinski definition) is 1. The lowest BCUT2D eigenvalue weighted by Gasteiger charge is -2.31. The number of nitrogens with zero attached hydrogens (tertiary/aromatic N) is 1. The molecule has 1 aliphatic carbocycles. The van der Waals surface area contributed by atoms with Crippen LogP contribution >= 0.6 is 23.2 Å². The van der Waals surface area contributed by atoms with Crippen molar-refractivity contribution in [2.75, 3.05) is 0 Å². The van der Waals surface area contributed by atoms with Crippen LogP contribution in [0.4, 0.5) is 0 Å². The third kappa shape index (κ3) is 6.23. The van der Waals surface area contributed by atoms with Gasteiger partial charge in [0.15, 0.2) is 0 Å². The molecular weight excluding hydrogens is 419 g/mol. The molecule has 0 heterocycles. The summed E-state index contributed by atoms with van der Waals surface area (Å²) in [4.78, 5) is 27.8. The molecule has 0 aromatic heterocycles. The van der Waals surface area contributed by atoms with E-state index in [-0.39, 0.29) is 24.3 Å². The van der Waals surface area contributed by atoms with Crippen molar-refractivity contribution in [3.8, 4) is 0 Å². The third-order valence-electron chi connectivity index (χ3n) is 5.67. The van der Waals surface area contributed by atoms with E-state index in [1.807, 2.05) is 30.3 Å². The fourth-order valence-corrected chi connectivity index (χ4v) is 4.34. The van der Waals surface area contributed by atoms with E-state index in [4.69, 9.17) is 23.2 Å². The quantitative estimate of drug-likeness (QED) is 0.618. The number of rotatable bonds is 7. The van der Waals surface area contributed by atoms with Gasteiger partial charge in [-0.3, -0.25) is 9.59 Å². The second-order valence-corrected chi connectivity index (χ2v) is 8.78. The molecule has 1 saturated carbocycles. The Balaban J connectivity index is 1.76. The largest absolute Gasteiger partial charge is 0.352 e. The van der Waals surface area contributed by atoms with Crippen LogP contribution < -0.4 is 5.32 Å². The van der Waals surface area contributed by atoms with Crippen LogP contribution in [0, 0.1) is 0 Å². The molecule has 2 aromatic rings. The number of hydrogen-bond acceptors (Lipinski definition) is 2. The minimum atomic E-state index is -0.578. The summed E-state index contributed by atoms with van der Waals surface area (Å²) >= 11 is 12.3. The van der Waals surface area contributed by atoms with Gasteiger partial charge in [0.25, 0.3) is 0 Å². The highest BCUT2D eigenvalue weighted by molar-refractivity contribution is 6.35. The molecule has 1 atom stereocenters. The zero-order valence-electron chi connectivity index (χ0n) is 17.2. The first-order valence-electron chi connectivity index (χ1n) is 10.5. The van der Waals surface area contributed by atoms with Crippen LogP contribution in [0.1, 0.15) is 50.2 Å². The van der Waals surface area contributed by atoms with Gasteiger partial charge in [-0.25, -0.2) is 0 Å². The number of nitrogens with one attached hydrogen (secondary N) is 1. The first kappa shape index (κ1) is 22.6. The van der Waals surface area contributed by atoms with Crippen molar-refractivity contribution in [3.05, 3.63) is 69.7 Å². The molecule has 30 heavy (non-hydrogen) atoms. The van der Waals surface area contributed by atoms with Gasteiger partial charge in [0.1, 0.15) is 6.04 Å². The second-order valence-electron chi connectivity index (χ2n) is 7.94. The van der Waals surface area contributed by atoms with Crippen LogP contribution in [0.15, 0.2) is 48.5 Å². The molecule has 4 nitrogen and oxygen atoms in total. The fourth-order valence-electron chi connectivity index (χ4n) is 3.86. The van der Waals surface area contributed by atoms with Crippen molar-refractivity contribution in [2.24, 2.45) is 0 Å². The lowest BCUT2D eigenvalue weighted by Crippen LogP contribution is -2.50. The van der Waals surface area contributed by atoms with Gasteiger partial charge in [0, 0.05) is 22.6 Å². The molecule has 2 amide bonds. The Morgan fingerprint density at radius 1 is 1.07 bits per heavy atom. The minimum Gasteiger partial charge on any atom is -0.352 e. The SMILES string of the molecule is CC(C(=O)NC1CCCCC1)N(Cc1ccccc1)C(=O)Cc1ccc(Cl)cc1Cl.